The average molecular weight is 373 g/mol. The Morgan fingerprint density at radius 2 is 1.91 bits per heavy atom. The molecule has 6 nitrogen and oxygen atoms in total. The number of hydrogen-bond acceptors (Lipinski definition) is 4. The molecule has 2 aliphatic rings. The Kier molecular flexibility index (Phi) is 3.97. The van der Waals surface area contributed by atoms with Crippen molar-refractivity contribution in [3.8, 4) is 0 Å². The van der Waals surface area contributed by atoms with Gasteiger partial charge in [-0.15, -0.1) is 0 Å². The summed E-state index contributed by atoms with van der Waals surface area (Å²) >= 11 is 6.08. The van der Waals surface area contributed by atoms with Crippen LogP contribution in [0.15, 0.2) is 59.0 Å². The first-order chi connectivity index (χ1) is 10.7. The summed E-state index contributed by atoms with van der Waals surface area (Å²) in [5.74, 6) is 0. The van der Waals surface area contributed by atoms with E-state index >= 15 is 0 Å². The molecule has 0 spiro atoms. The van der Waals surface area contributed by atoms with Gasteiger partial charge in [0, 0.05) is 5.02 Å². The Morgan fingerprint density at radius 1 is 1.22 bits per heavy atom. The fourth-order valence-corrected chi connectivity index (χ4v) is 6.38. The van der Waals surface area contributed by atoms with Gasteiger partial charge in [-0.3, -0.25) is 0 Å². The van der Waals surface area contributed by atoms with Crippen LogP contribution in [0, 0.1) is 0 Å². The highest BCUT2D eigenvalue weighted by Crippen LogP contribution is 2.41. The van der Waals surface area contributed by atoms with Crippen LogP contribution < -0.4 is 9.86 Å². The molecule has 122 valence electrons. The first-order valence-corrected chi connectivity index (χ1v) is 10.1. The van der Waals surface area contributed by atoms with Gasteiger partial charge in [-0.25, -0.2) is 22.0 Å². The second-order valence-electron chi connectivity index (χ2n) is 5.15. The number of hydrogen-bond donors (Lipinski definition) is 2. The van der Waals surface area contributed by atoms with Crippen molar-refractivity contribution >= 4 is 31.6 Å². The van der Waals surface area contributed by atoms with E-state index in [1.807, 2.05) is 0 Å². The maximum absolute atomic E-state index is 12.5. The largest absolute Gasteiger partial charge is 0.239 e. The predicted octanol–water partition coefficient (Wildman–Crippen LogP) is 1.35. The zero-order chi connectivity index (χ0) is 16.8. The maximum Gasteiger partial charge on any atom is 0.239 e. The van der Waals surface area contributed by atoms with E-state index in [-0.39, 0.29) is 15.5 Å². The number of halogens is 1. The minimum absolute atomic E-state index is 0.133. The van der Waals surface area contributed by atoms with Crippen LogP contribution in [-0.4, -0.2) is 22.9 Å². The lowest BCUT2D eigenvalue weighted by molar-refractivity contribution is 0.581. The molecule has 1 heterocycles. The number of allylic oxidation sites excluding steroid dienone is 2. The molecule has 1 aromatic carbocycles. The minimum Gasteiger partial charge on any atom is -0.228 e. The molecule has 0 bridgehead atoms. The van der Waals surface area contributed by atoms with Gasteiger partial charge in [0.05, 0.1) is 10.9 Å². The highest BCUT2D eigenvalue weighted by Gasteiger charge is 2.44. The summed E-state index contributed by atoms with van der Waals surface area (Å²) in [5, 5.41) is 3.92. The van der Waals surface area contributed by atoms with Gasteiger partial charge in [-0.05, 0) is 17.2 Å². The molecule has 1 aliphatic carbocycles. The number of benzene rings is 1. The van der Waals surface area contributed by atoms with Crippen LogP contribution in [0.1, 0.15) is 10.8 Å². The number of nitrogens with one attached hydrogen (secondary N) is 1. The number of nitrogens with two attached hydrogens (primary N) is 1. The van der Waals surface area contributed by atoms with Crippen LogP contribution >= 0.6 is 11.6 Å². The molecule has 1 aromatic rings. The van der Waals surface area contributed by atoms with Crippen LogP contribution in [0.5, 0.6) is 0 Å². The third kappa shape index (κ3) is 2.88. The Balaban J connectivity index is 2.32. The first-order valence-electron chi connectivity index (χ1n) is 6.59. The fourth-order valence-electron chi connectivity index (χ4n) is 2.71. The fraction of sp³-hybridized carbons (Fsp3) is 0.143. The lowest BCUT2D eigenvalue weighted by atomic mass is 9.99. The Labute approximate surface area is 139 Å². The van der Waals surface area contributed by atoms with E-state index in [9.17, 15) is 16.8 Å². The van der Waals surface area contributed by atoms with Crippen molar-refractivity contribution in [2.24, 2.45) is 5.14 Å². The molecule has 1 aliphatic heterocycles. The molecule has 2 unspecified atom stereocenters. The summed E-state index contributed by atoms with van der Waals surface area (Å²) < 4.78 is 51.8. The molecule has 3 N–H and O–H groups in total. The Hall–Kier alpha value is -1.45. The van der Waals surface area contributed by atoms with E-state index in [4.69, 9.17) is 16.7 Å². The zero-order valence-corrected chi connectivity index (χ0v) is 14.1. The summed E-state index contributed by atoms with van der Waals surface area (Å²) in [6.07, 6.45) is 6.52. The molecule has 0 saturated carbocycles. The van der Waals surface area contributed by atoms with Crippen molar-refractivity contribution in [2.45, 2.75) is 11.3 Å². The molecule has 0 radical (unpaired) electrons. The highest BCUT2D eigenvalue weighted by molar-refractivity contribution is 7.96. The summed E-state index contributed by atoms with van der Waals surface area (Å²) in [5.41, 5.74) is 0.486. The van der Waals surface area contributed by atoms with Gasteiger partial charge in [0.2, 0.25) is 20.0 Å². The van der Waals surface area contributed by atoms with Gasteiger partial charge in [0.15, 0.2) is 0 Å². The van der Waals surface area contributed by atoms with Crippen molar-refractivity contribution in [3.05, 3.63) is 69.6 Å². The van der Waals surface area contributed by atoms with E-state index < -0.39 is 31.3 Å². The number of rotatable bonds is 3. The average Bonchev–Trinajstić information content (AvgIpc) is 2.71. The molecule has 0 amide bonds. The van der Waals surface area contributed by atoms with Gasteiger partial charge >= 0.3 is 0 Å². The first kappa shape index (κ1) is 16.4. The molecule has 0 fully saturated rings. The SMILES string of the molecule is NS(=O)(=O)C(C1=C2C=CC=CC2NS1(=O)=O)c1ccccc1Cl. The quantitative estimate of drug-likeness (QED) is 0.835. The second-order valence-corrected chi connectivity index (χ2v) is 8.89. The van der Waals surface area contributed by atoms with Crippen LogP contribution in [-0.2, 0) is 20.0 Å². The van der Waals surface area contributed by atoms with Crippen molar-refractivity contribution in [3.63, 3.8) is 0 Å². The molecular weight excluding hydrogens is 360 g/mol. The van der Waals surface area contributed by atoms with Crippen LogP contribution in [0.3, 0.4) is 0 Å². The molecule has 0 saturated heterocycles. The number of fused-ring (bicyclic) bond motifs is 1. The molecule has 23 heavy (non-hydrogen) atoms. The lowest BCUT2D eigenvalue weighted by Crippen LogP contribution is -2.30. The molecular formula is C14H13ClN2O4S2. The van der Waals surface area contributed by atoms with Crippen molar-refractivity contribution in [2.75, 3.05) is 0 Å². The van der Waals surface area contributed by atoms with E-state index in [2.05, 4.69) is 4.72 Å². The standard InChI is InChI=1S/C14H13ClN2O4S2/c15-11-7-3-1-5-9(11)13(22(16,18)19)14-10-6-2-4-8-12(10)17-23(14,20)21/h1-8,12-13,17H,(H2,16,18,19). The normalized spacial score (nSPS) is 23.8. The lowest BCUT2D eigenvalue weighted by Gasteiger charge is -2.18. The molecule has 3 rings (SSSR count). The van der Waals surface area contributed by atoms with Crippen LogP contribution in [0.25, 0.3) is 0 Å². The molecule has 2 atom stereocenters. The third-order valence-electron chi connectivity index (χ3n) is 3.64. The van der Waals surface area contributed by atoms with E-state index in [0.717, 1.165) is 0 Å². The van der Waals surface area contributed by atoms with Gasteiger partial charge in [0.1, 0.15) is 5.25 Å². The predicted molar refractivity (Wildman–Crippen MR) is 88.4 cm³/mol. The van der Waals surface area contributed by atoms with Crippen LogP contribution in [0.2, 0.25) is 5.02 Å². The van der Waals surface area contributed by atoms with Crippen molar-refractivity contribution < 1.29 is 16.8 Å². The third-order valence-corrected chi connectivity index (χ3v) is 6.89. The van der Waals surface area contributed by atoms with Crippen LogP contribution in [0.4, 0.5) is 0 Å². The topological polar surface area (TPSA) is 106 Å². The smallest absolute Gasteiger partial charge is 0.228 e. The monoisotopic (exact) mass is 372 g/mol. The van der Waals surface area contributed by atoms with E-state index in [1.54, 1.807) is 36.4 Å². The number of sulfonamides is 2. The van der Waals surface area contributed by atoms with Gasteiger partial charge in [-0.2, -0.15) is 4.72 Å². The summed E-state index contributed by atoms with van der Waals surface area (Å²) in [6, 6.07) is 5.54. The van der Waals surface area contributed by atoms with Crippen molar-refractivity contribution in [1.82, 2.24) is 4.72 Å². The Morgan fingerprint density at radius 3 is 2.57 bits per heavy atom. The van der Waals surface area contributed by atoms with Gasteiger partial charge in [-0.1, -0.05) is 54.1 Å². The van der Waals surface area contributed by atoms with E-state index in [1.165, 1.54) is 12.1 Å². The summed E-state index contributed by atoms with van der Waals surface area (Å²) in [6.45, 7) is 0. The van der Waals surface area contributed by atoms with Crippen molar-refractivity contribution in [1.29, 1.82) is 0 Å². The molecule has 9 heteroatoms. The number of primary sulfonamides is 1. The Bertz CT molecular complexity index is 962. The second kappa shape index (κ2) is 5.57. The summed E-state index contributed by atoms with van der Waals surface area (Å²) in [7, 11) is -8.27. The highest BCUT2D eigenvalue weighted by atomic mass is 35.5. The van der Waals surface area contributed by atoms with E-state index in [0.29, 0.717) is 5.57 Å². The maximum atomic E-state index is 12.5. The van der Waals surface area contributed by atoms with Gasteiger partial charge in [0.25, 0.3) is 0 Å². The van der Waals surface area contributed by atoms with Gasteiger partial charge < -0.3 is 0 Å². The summed E-state index contributed by atoms with van der Waals surface area (Å²) in [4.78, 5) is -0.279. The molecule has 0 aromatic heterocycles. The zero-order valence-electron chi connectivity index (χ0n) is 11.7. The minimum atomic E-state index is -4.26.